The number of nitrogens with one attached hydrogen (secondary N) is 1. The second kappa shape index (κ2) is 11.5. The Labute approximate surface area is 233 Å². The van der Waals surface area contributed by atoms with Gasteiger partial charge in [-0.3, -0.25) is 19.3 Å². The number of carbonyl (C=O) groups is 3. The van der Waals surface area contributed by atoms with Crippen LogP contribution in [0.3, 0.4) is 0 Å². The van der Waals surface area contributed by atoms with Crippen molar-refractivity contribution in [1.29, 1.82) is 0 Å². The minimum absolute atomic E-state index is 0.218. The SMILES string of the molecule is Cc1cc(C)c(NC(=O)CN2C(=O)S/C(=C/c3cc(Br)ccc3OCc3ccc(Cl)cc3)C2=O)c(C)c1. The number of hydrogen-bond acceptors (Lipinski definition) is 5. The van der Waals surface area contributed by atoms with Crippen LogP contribution >= 0.6 is 39.3 Å². The van der Waals surface area contributed by atoms with Crippen molar-refractivity contribution in [3.63, 3.8) is 0 Å². The second-order valence-corrected chi connectivity index (χ2v) is 11.0. The van der Waals surface area contributed by atoms with Gasteiger partial charge in [-0.2, -0.15) is 0 Å². The minimum atomic E-state index is -0.522. The monoisotopic (exact) mass is 598 g/mol. The molecule has 1 saturated heterocycles. The maximum Gasteiger partial charge on any atom is 0.294 e. The quantitative estimate of drug-likeness (QED) is 0.289. The summed E-state index contributed by atoms with van der Waals surface area (Å²) in [6.07, 6.45) is 1.61. The Morgan fingerprint density at radius 3 is 2.41 bits per heavy atom. The van der Waals surface area contributed by atoms with Crippen molar-refractivity contribution in [1.82, 2.24) is 4.90 Å². The fraction of sp³-hybridized carbons (Fsp3) is 0.179. The summed E-state index contributed by atoms with van der Waals surface area (Å²) in [5.41, 5.74) is 5.18. The van der Waals surface area contributed by atoms with Crippen LogP contribution < -0.4 is 10.1 Å². The summed E-state index contributed by atoms with van der Waals surface area (Å²) in [5.74, 6) is -0.410. The zero-order chi connectivity index (χ0) is 26.7. The van der Waals surface area contributed by atoms with Crippen molar-refractivity contribution < 1.29 is 19.1 Å². The molecule has 3 aromatic rings. The van der Waals surface area contributed by atoms with Gasteiger partial charge in [0.2, 0.25) is 5.91 Å². The Hall–Kier alpha value is -3.07. The Bertz CT molecular complexity index is 1400. The van der Waals surface area contributed by atoms with Crippen molar-refractivity contribution in [3.05, 3.63) is 96.8 Å². The molecule has 0 aliphatic carbocycles. The van der Waals surface area contributed by atoms with Gasteiger partial charge < -0.3 is 10.1 Å². The first-order valence-corrected chi connectivity index (χ1v) is 13.4. The summed E-state index contributed by atoms with van der Waals surface area (Å²) in [7, 11) is 0. The molecular weight excluding hydrogens is 576 g/mol. The van der Waals surface area contributed by atoms with Gasteiger partial charge in [0.25, 0.3) is 11.1 Å². The summed E-state index contributed by atoms with van der Waals surface area (Å²) in [6.45, 7) is 5.73. The topological polar surface area (TPSA) is 75.7 Å². The van der Waals surface area contributed by atoms with E-state index in [1.165, 1.54) is 0 Å². The van der Waals surface area contributed by atoms with E-state index in [0.717, 1.165) is 43.4 Å². The largest absolute Gasteiger partial charge is 0.488 e. The molecule has 0 bridgehead atoms. The van der Waals surface area contributed by atoms with Gasteiger partial charge in [-0.1, -0.05) is 57.4 Å². The molecular formula is C28H24BrClN2O4S. The molecule has 1 heterocycles. The standard InChI is InChI=1S/C28H24BrClN2O4S/c1-16-10-17(2)26(18(3)11-16)31-25(33)14-32-27(34)24(37-28(32)35)13-20-12-21(29)6-9-23(20)36-15-19-4-7-22(30)8-5-19/h4-13H,14-15H2,1-3H3,(H,31,33)/b24-13+. The van der Waals surface area contributed by atoms with E-state index < -0.39 is 17.1 Å². The van der Waals surface area contributed by atoms with Crippen LogP contribution in [0.2, 0.25) is 5.02 Å². The highest BCUT2D eigenvalue weighted by Gasteiger charge is 2.36. The van der Waals surface area contributed by atoms with Crippen LogP contribution in [0, 0.1) is 20.8 Å². The molecule has 9 heteroatoms. The highest BCUT2D eigenvalue weighted by molar-refractivity contribution is 9.10. The van der Waals surface area contributed by atoms with Crippen LogP contribution in [0.5, 0.6) is 5.75 Å². The highest BCUT2D eigenvalue weighted by Crippen LogP contribution is 2.35. The van der Waals surface area contributed by atoms with E-state index in [-0.39, 0.29) is 11.4 Å². The van der Waals surface area contributed by atoms with Crippen molar-refractivity contribution in [2.75, 3.05) is 11.9 Å². The van der Waals surface area contributed by atoms with E-state index in [4.69, 9.17) is 16.3 Å². The first-order valence-electron chi connectivity index (χ1n) is 11.4. The Balaban J connectivity index is 1.49. The molecule has 0 atom stereocenters. The summed E-state index contributed by atoms with van der Waals surface area (Å²) in [5, 5.41) is 2.98. The Kier molecular flexibility index (Phi) is 8.42. The van der Waals surface area contributed by atoms with Gasteiger partial charge in [-0.15, -0.1) is 0 Å². The van der Waals surface area contributed by atoms with E-state index in [2.05, 4.69) is 21.2 Å². The van der Waals surface area contributed by atoms with E-state index in [9.17, 15) is 14.4 Å². The first-order chi connectivity index (χ1) is 17.6. The normalized spacial score (nSPS) is 14.4. The van der Waals surface area contributed by atoms with Crippen molar-refractivity contribution in [2.24, 2.45) is 0 Å². The smallest absolute Gasteiger partial charge is 0.294 e. The molecule has 1 aliphatic rings. The van der Waals surface area contributed by atoms with Crippen molar-refractivity contribution >= 4 is 68.1 Å². The maximum absolute atomic E-state index is 13.1. The van der Waals surface area contributed by atoms with Crippen LogP contribution in [0.25, 0.3) is 6.08 Å². The van der Waals surface area contributed by atoms with E-state index in [0.29, 0.717) is 28.6 Å². The number of halogens is 2. The third-order valence-electron chi connectivity index (χ3n) is 5.68. The fourth-order valence-corrected chi connectivity index (χ4v) is 5.32. The molecule has 1 fully saturated rings. The van der Waals surface area contributed by atoms with Gasteiger partial charge in [0.1, 0.15) is 18.9 Å². The number of ether oxygens (including phenoxy) is 1. The zero-order valence-electron chi connectivity index (χ0n) is 20.4. The summed E-state index contributed by atoms with van der Waals surface area (Å²) in [6, 6.07) is 16.7. The zero-order valence-corrected chi connectivity index (χ0v) is 23.6. The number of benzene rings is 3. The van der Waals surface area contributed by atoms with E-state index >= 15 is 0 Å². The Morgan fingerprint density at radius 1 is 1.05 bits per heavy atom. The molecule has 0 spiro atoms. The lowest BCUT2D eigenvalue weighted by Crippen LogP contribution is -2.36. The fourth-order valence-electron chi connectivity index (χ4n) is 3.98. The van der Waals surface area contributed by atoms with Crippen LogP contribution in [-0.2, 0) is 16.2 Å². The highest BCUT2D eigenvalue weighted by atomic mass is 79.9. The molecule has 0 saturated carbocycles. The number of anilines is 1. The number of amides is 3. The number of rotatable bonds is 7. The molecule has 0 unspecified atom stereocenters. The average Bonchev–Trinajstić information content (AvgIpc) is 3.09. The minimum Gasteiger partial charge on any atom is -0.488 e. The predicted molar refractivity (Wildman–Crippen MR) is 152 cm³/mol. The molecule has 0 aromatic heterocycles. The third kappa shape index (κ3) is 6.63. The molecule has 6 nitrogen and oxygen atoms in total. The molecule has 3 amide bonds. The lowest BCUT2D eigenvalue weighted by Gasteiger charge is -2.16. The molecule has 1 aliphatic heterocycles. The van der Waals surface area contributed by atoms with Crippen LogP contribution in [0.1, 0.15) is 27.8 Å². The average molecular weight is 600 g/mol. The first kappa shape index (κ1) is 27.0. The Morgan fingerprint density at radius 2 is 1.73 bits per heavy atom. The number of thioether (sulfide) groups is 1. The van der Waals surface area contributed by atoms with Crippen LogP contribution in [0.4, 0.5) is 10.5 Å². The molecule has 37 heavy (non-hydrogen) atoms. The van der Waals surface area contributed by atoms with Gasteiger partial charge in [0.15, 0.2) is 0 Å². The van der Waals surface area contributed by atoms with Crippen molar-refractivity contribution in [3.8, 4) is 5.75 Å². The summed E-state index contributed by atoms with van der Waals surface area (Å²) < 4.78 is 6.78. The lowest BCUT2D eigenvalue weighted by atomic mass is 10.1. The summed E-state index contributed by atoms with van der Waals surface area (Å²) in [4.78, 5) is 39.6. The van der Waals surface area contributed by atoms with Crippen LogP contribution in [-0.4, -0.2) is 28.5 Å². The van der Waals surface area contributed by atoms with Crippen LogP contribution in [0.15, 0.2) is 64.0 Å². The van der Waals surface area contributed by atoms with Crippen molar-refractivity contribution in [2.45, 2.75) is 27.4 Å². The maximum atomic E-state index is 13.1. The molecule has 190 valence electrons. The number of aryl methyl sites for hydroxylation is 3. The third-order valence-corrected chi connectivity index (χ3v) is 7.34. The van der Waals surface area contributed by atoms with Gasteiger partial charge in [-0.05, 0) is 85.6 Å². The number of imide groups is 1. The molecule has 0 radical (unpaired) electrons. The van der Waals surface area contributed by atoms with E-state index in [1.807, 2.05) is 51.1 Å². The van der Waals surface area contributed by atoms with Gasteiger partial charge in [0, 0.05) is 20.7 Å². The van der Waals surface area contributed by atoms with E-state index in [1.54, 1.807) is 30.3 Å². The summed E-state index contributed by atoms with van der Waals surface area (Å²) >= 11 is 10.2. The predicted octanol–water partition coefficient (Wildman–Crippen LogP) is 7.28. The molecule has 4 rings (SSSR count). The van der Waals surface area contributed by atoms with Gasteiger partial charge >= 0.3 is 0 Å². The number of carbonyl (C=O) groups excluding carboxylic acids is 3. The van der Waals surface area contributed by atoms with Gasteiger partial charge in [-0.25, -0.2) is 0 Å². The number of nitrogens with zero attached hydrogens (tertiary/aromatic N) is 1. The number of hydrogen-bond donors (Lipinski definition) is 1. The molecule has 1 N–H and O–H groups in total. The molecule has 3 aromatic carbocycles. The second-order valence-electron chi connectivity index (χ2n) is 8.69. The van der Waals surface area contributed by atoms with Gasteiger partial charge in [0.05, 0.1) is 4.91 Å². The lowest BCUT2D eigenvalue weighted by molar-refractivity contribution is -0.127.